The van der Waals surface area contributed by atoms with Gasteiger partial charge in [-0.2, -0.15) is 0 Å². The molecule has 1 aliphatic rings. The third-order valence-corrected chi connectivity index (χ3v) is 3.60. The van der Waals surface area contributed by atoms with Crippen LogP contribution in [0.4, 0.5) is 5.69 Å². The van der Waals surface area contributed by atoms with Crippen molar-refractivity contribution in [2.45, 2.75) is 0 Å². The second kappa shape index (κ2) is 6.70. The lowest BCUT2D eigenvalue weighted by molar-refractivity contribution is -0.118. The molecule has 4 N–H and O–H groups in total. The molecule has 1 heterocycles. The average molecular weight is 362 g/mol. The van der Waals surface area contributed by atoms with Crippen molar-refractivity contribution in [2.75, 3.05) is 11.9 Å². The molecule has 9 heteroatoms. The van der Waals surface area contributed by atoms with Crippen LogP contribution in [0.3, 0.4) is 0 Å². The number of anilines is 1. The van der Waals surface area contributed by atoms with Gasteiger partial charge in [-0.25, -0.2) is 0 Å². The molecule has 3 rings (SSSR count). The minimum atomic E-state index is -0.727. The zero-order chi connectivity index (χ0) is 18.0. The quantitative estimate of drug-likeness (QED) is 0.604. The van der Waals surface area contributed by atoms with Crippen LogP contribution >= 0.6 is 11.6 Å². The van der Waals surface area contributed by atoms with Crippen LogP contribution in [0.2, 0.25) is 5.02 Å². The summed E-state index contributed by atoms with van der Waals surface area (Å²) < 4.78 is 5.22. The van der Waals surface area contributed by atoms with E-state index in [1.54, 1.807) is 0 Å². The lowest BCUT2D eigenvalue weighted by Crippen LogP contribution is -2.41. The number of carbonyl (C=O) groups excluding carboxylic acids is 3. The number of rotatable bonds is 2. The van der Waals surface area contributed by atoms with Crippen molar-refractivity contribution in [2.24, 2.45) is 0 Å². The predicted molar refractivity (Wildman–Crippen MR) is 88.6 cm³/mol. The highest BCUT2D eigenvalue weighted by molar-refractivity contribution is 6.31. The highest BCUT2D eigenvalue weighted by atomic mass is 35.5. The second-order valence-corrected chi connectivity index (χ2v) is 5.55. The number of ether oxygens (including phenoxy) is 1. The molecule has 2 aromatic rings. The number of fused-ring (bicyclic) bond motifs is 1. The lowest BCUT2D eigenvalue weighted by Gasteiger charge is -2.18. The van der Waals surface area contributed by atoms with Gasteiger partial charge in [-0.3, -0.25) is 25.2 Å². The van der Waals surface area contributed by atoms with Crippen LogP contribution in [0, 0.1) is 0 Å². The SMILES string of the molecule is O=C1COc2cc(C(=O)NNC(=O)c3cc(Cl)ccc3O)ccc2N1. The molecule has 0 spiro atoms. The topological polar surface area (TPSA) is 117 Å². The van der Waals surface area contributed by atoms with Crippen LogP contribution in [0.15, 0.2) is 36.4 Å². The Labute approximate surface area is 146 Å². The summed E-state index contributed by atoms with van der Waals surface area (Å²) in [5.74, 6) is -1.52. The molecular weight excluding hydrogens is 350 g/mol. The highest BCUT2D eigenvalue weighted by Crippen LogP contribution is 2.28. The summed E-state index contributed by atoms with van der Waals surface area (Å²) >= 11 is 5.77. The van der Waals surface area contributed by atoms with E-state index in [2.05, 4.69) is 16.2 Å². The molecule has 3 amide bonds. The van der Waals surface area contributed by atoms with Gasteiger partial charge in [0.05, 0.1) is 11.3 Å². The molecule has 0 radical (unpaired) electrons. The Kier molecular flexibility index (Phi) is 4.44. The van der Waals surface area contributed by atoms with Gasteiger partial charge in [0.2, 0.25) is 0 Å². The van der Waals surface area contributed by atoms with Crippen molar-refractivity contribution in [3.63, 3.8) is 0 Å². The number of benzene rings is 2. The Hall–Kier alpha value is -3.26. The van der Waals surface area contributed by atoms with E-state index in [0.717, 1.165) is 0 Å². The largest absolute Gasteiger partial charge is 0.507 e. The van der Waals surface area contributed by atoms with Gasteiger partial charge in [0.25, 0.3) is 17.7 Å². The van der Waals surface area contributed by atoms with E-state index in [-0.39, 0.29) is 34.4 Å². The molecule has 0 atom stereocenters. The van der Waals surface area contributed by atoms with Crippen molar-refractivity contribution in [1.29, 1.82) is 0 Å². The average Bonchev–Trinajstić information content (AvgIpc) is 2.60. The Morgan fingerprint density at radius 2 is 1.88 bits per heavy atom. The standard InChI is InChI=1S/C16H12ClN3O5/c17-9-2-4-12(21)10(6-9)16(24)20-19-15(23)8-1-3-11-13(5-8)25-7-14(22)18-11/h1-6,21H,7H2,(H,18,22)(H,19,23)(H,20,24). The number of hydrogen-bond acceptors (Lipinski definition) is 5. The number of halogens is 1. The van der Waals surface area contributed by atoms with Crippen LogP contribution < -0.4 is 20.9 Å². The predicted octanol–water partition coefficient (Wildman–Crippen LogP) is 1.45. The third kappa shape index (κ3) is 3.64. The Bertz CT molecular complexity index is 884. The zero-order valence-corrected chi connectivity index (χ0v) is 13.4. The number of nitrogens with one attached hydrogen (secondary N) is 3. The van der Waals surface area contributed by atoms with Crippen molar-refractivity contribution >= 4 is 35.0 Å². The van der Waals surface area contributed by atoms with Gasteiger partial charge >= 0.3 is 0 Å². The maximum Gasteiger partial charge on any atom is 0.273 e. The summed E-state index contributed by atoms with van der Waals surface area (Å²) in [7, 11) is 0. The van der Waals surface area contributed by atoms with E-state index in [1.165, 1.54) is 36.4 Å². The van der Waals surface area contributed by atoms with Gasteiger partial charge in [-0.05, 0) is 36.4 Å². The van der Waals surface area contributed by atoms with E-state index in [1.807, 2.05) is 0 Å². The van der Waals surface area contributed by atoms with Gasteiger partial charge < -0.3 is 15.2 Å². The van der Waals surface area contributed by atoms with Crippen LogP contribution in [-0.4, -0.2) is 29.4 Å². The fourth-order valence-corrected chi connectivity index (χ4v) is 2.33. The van der Waals surface area contributed by atoms with Gasteiger partial charge in [0.1, 0.15) is 11.5 Å². The first kappa shape index (κ1) is 16.6. The number of phenolic OH excluding ortho intramolecular Hbond substituents is 1. The third-order valence-electron chi connectivity index (χ3n) is 3.37. The number of hydrogen-bond donors (Lipinski definition) is 4. The molecule has 0 fully saturated rings. The fourth-order valence-electron chi connectivity index (χ4n) is 2.16. The smallest absolute Gasteiger partial charge is 0.273 e. The lowest BCUT2D eigenvalue weighted by atomic mass is 10.1. The molecule has 128 valence electrons. The maximum absolute atomic E-state index is 12.1. The van der Waals surface area contributed by atoms with E-state index in [0.29, 0.717) is 11.4 Å². The second-order valence-electron chi connectivity index (χ2n) is 5.12. The Morgan fingerprint density at radius 1 is 1.12 bits per heavy atom. The van der Waals surface area contributed by atoms with Crippen LogP contribution in [-0.2, 0) is 4.79 Å². The molecule has 8 nitrogen and oxygen atoms in total. The Balaban J connectivity index is 1.67. The van der Waals surface area contributed by atoms with Gasteiger partial charge in [0.15, 0.2) is 6.61 Å². The number of aromatic hydroxyl groups is 1. The maximum atomic E-state index is 12.1. The monoisotopic (exact) mass is 361 g/mol. The zero-order valence-electron chi connectivity index (χ0n) is 12.6. The molecular formula is C16H12ClN3O5. The first-order chi connectivity index (χ1) is 11.9. The van der Waals surface area contributed by atoms with E-state index in [9.17, 15) is 19.5 Å². The number of amides is 3. The van der Waals surface area contributed by atoms with Crippen LogP contribution in [0.1, 0.15) is 20.7 Å². The fraction of sp³-hybridized carbons (Fsp3) is 0.0625. The number of hydrazine groups is 1. The highest BCUT2D eigenvalue weighted by Gasteiger charge is 2.18. The summed E-state index contributed by atoms with van der Waals surface area (Å²) in [5, 5.41) is 12.5. The van der Waals surface area contributed by atoms with Crippen molar-refractivity contribution in [1.82, 2.24) is 10.9 Å². The molecule has 0 saturated carbocycles. The first-order valence-electron chi connectivity index (χ1n) is 7.10. The first-order valence-corrected chi connectivity index (χ1v) is 7.48. The summed E-state index contributed by atoms with van der Waals surface area (Å²) in [6, 6.07) is 8.39. The van der Waals surface area contributed by atoms with Crippen molar-refractivity contribution in [3.8, 4) is 11.5 Å². The number of carbonyl (C=O) groups is 3. The van der Waals surface area contributed by atoms with Crippen LogP contribution in [0.25, 0.3) is 0 Å². The normalized spacial score (nSPS) is 12.4. The summed E-state index contributed by atoms with van der Waals surface area (Å²) in [6.07, 6.45) is 0. The molecule has 1 aliphatic heterocycles. The minimum Gasteiger partial charge on any atom is -0.507 e. The van der Waals surface area contributed by atoms with Crippen molar-refractivity contribution < 1.29 is 24.2 Å². The molecule has 0 aliphatic carbocycles. The van der Waals surface area contributed by atoms with Crippen LogP contribution in [0.5, 0.6) is 11.5 Å². The molecule has 0 bridgehead atoms. The molecule has 0 saturated heterocycles. The van der Waals surface area contributed by atoms with Crippen molar-refractivity contribution in [3.05, 3.63) is 52.5 Å². The number of phenols is 1. The van der Waals surface area contributed by atoms with E-state index in [4.69, 9.17) is 16.3 Å². The summed E-state index contributed by atoms with van der Waals surface area (Å²) in [6.45, 7) is -0.136. The van der Waals surface area contributed by atoms with Gasteiger partial charge in [0, 0.05) is 10.6 Å². The summed E-state index contributed by atoms with van der Waals surface area (Å²) in [4.78, 5) is 35.3. The molecule has 0 aromatic heterocycles. The van der Waals surface area contributed by atoms with E-state index < -0.39 is 11.8 Å². The molecule has 0 unspecified atom stereocenters. The Morgan fingerprint density at radius 3 is 2.68 bits per heavy atom. The molecule has 25 heavy (non-hydrogen) atoms. The summed E-state index contributed by atoms with van der Waals surface area (Å²) in [5.41, 5.74) is 5.00. The van der Waals surface area contributed by atoms with E-state index >= 15 is 0 Å². The van der Waals surface area contributed by atoms with Gasteiger partial charge in [-0.1, -0.05) is 11.6 Å². The van der Waals surface area contributed by atoms with Gasteiger partial charge in [-0.15, -0.1) is 0 Å². The molecule has 2 aromatic carbocycles. The minimum absolute atomic E-state index is 0.0794.